The van der Waals surface area contributed by atoms with Crippen molar-refractivity contribution in [3.8, 4) is 0 Å². The van der Waals surface area contributed by atoms with E-state index in [-0.39, 0.29) is 11.4 Å². The van der Waals surface area contributed by atoms with Crippen LogP contribution in [0.15, 0.2) is 6.07 Å². The summed E-state index contributed by atoms with van der Waals surface area (Å²) in [5, 5.41) is 4.39. The zero-order valence-corrected chi connectivity index (χ0v) is 14.8. The van der Waals surface area contributed by atoms with Crippen LogP contribution in [0.2, 0.25) is 0 Å². The molecule has 0 bridgehead atoms. The summed E-state index contributed by atoms with van der Waals surface area (Å²) in [4.78, 5) is 15.7. The summed E-state index contributed by atoms with van der Waals surface area (Å²) in [5.41, 5.74) is 1.17. The smallest absolute Gasteiger partial charge is 0.261 e. The van der Waals surface area contributed by atoms with Gasteiger partial charge >= 0.3 is 0 Å². The van der Waals surface area contributed by atoms with Crippen molar-refractivity contribution in [3.05, 3.63) is 16.5 Å². The van der Waals surface area contributed by atoms with Gasteiger partial charge in [-0.2, -0.15) is 0 Å². The largest absolute Gasteiger partial charge is 0.363 e. The summed E-state index contributed by atoms with van der Waals surface area (Å²) in [7, 11) is 0. The fraction of sp³-hybridized carbons (Fsp3) is 0.706. The van der Waals surface area contributed by atoms with Gasteiger partial charge in [0.25, 0.3) is 5.91 Å². The number of rotatable bonds is 3. The molecule has 0 aromatic carbocycles. The molecule has 1 aliphatic heterocycles. The number of nitrogens with zero attached hydrogens (tertiary/aromatic N) is 1. The van der Waals surface area contributed by atoms with Crippen LogP contribution in [0.3, 0.4) is 0 Å². The lowest BCUT2D eigenvalue weighted by atomic mass is 10.1. The van der Waals surface area contributed by atoms with Crippen LogP contribution in [-0.2, 0) is 6.42 Å². The van der Waals surface area contributed by atoms with Crippen LogP contribution in [0.4, 0.5) is 5.00 Å². The molecule has 0 aliphatic carbocycles. The maximum Gasteiger partial charge on any atom is 0.261 e. The molecule has 1 aromatic heterocycles. The summed E-state index contributed by atoms with van der Waals surface area (Å²) >= 11 is 1.66. The molecular formula is C17H28N2OS. The molecule has 0 unspecified atom stereocenters. The maximum absolute atomic E-state index is 12.4. The van der Waals surface area contributed by atoms with Gasteiger partial charge in [0, 0.05) is 18.6 Å². The molecule has 1 amide bonds. The number of thiophene rings is 1. The molecule has 0 saturated carbocycles. The highest BCUT2D eigenvalue weighted by Crippen LogP contribution is 2.35. The van der Waals surface area contributed by atoms with Crippen molar-refractivity contribution in [3.63, 3.8) is 0 Å². The van der Waals surface area contributed by atoms with E-state index in [1.165, 1.54) is 23.4 Å². The van der Waals surface area contributed by atoms with Gasteiger partial charge in [0.15, 0.2) is 0 Å². The lowest BCUT2D eigenvalue weighted by Crippen LogP contribution is -2.40. The standard InChI is InChI=1S/C17H28N2OS/c1-12(2)11-19-9-7-6-8-13-10-14(21-16(13)19)15(20)18-17(3,4)5/h10,12H,6-9,11H2,1-5H3,(H,18,20). The van der Waals surface area contributed by atoms with E-state index in [0.717, 1.165) is 24.4 Å². The van der Waals surface area contributed by atoms with Gasteiger partial charge in [-0.15, -0.1) is 11.3 Å². The number of fused-ring (bicyclic) bond motifs is 1. The summed E-state index contributed by atoms with van der Waals surface area (Å²) < 4.78 is 0. The Kier molecular flexibility index (Phi) is 4.97. The first-order chi connectivity index (χ1) is 9.76. The fourth-order valence-electron chi connectivity index (χ4n) is 2.71. The minimum atomic E-state index is -0.184. The maximum atomic E-state index is 12.4. The normalized spacial score (nSPS) is 15.8. The third-order valence-electron chi connectivity index (χ3n) is 3.50. The summed E-state index contributed by atoms with van der Waals surface area (Å²) in [5.74, 6) is 0.704. The van der Waals surface area contributed by atoms with Crippen LogP contribution >= 0.6 is 11.3 Å². The molecule has 3 nitrogen and oxygen atoms in total. The SMILES string of the molecule is CC(C)CN1CCCCc2cc(C(=O)NC(C)(C)C)sc21. The van der Waals surface area contributed by atoms with Gasteiger partial charge in [-0.1, -0.05) is 13.8 Å². The van der Waals surface area contributed by atoms with E-state index in [2.05, 4.69) is 30.1 Å². The predicted octanol–water partition coefficient (Wildman–Crippen LogP) is 4.08. The van der Waals surface area contributed by atoms with Crippen LogP contribution < -0.4 is 10.2 Å². The first-order valence-electron chi connectivity index (χ1n) is 7.96. The number of carbonyl (C=O) groups is 1. The van der Waals surface area contributed by atoms with Gasteiger partial charge < -0.3 is 10.2 Å². The topological polar surface area (TPSA) is 32.3 Å². The highest BCUT2D eigenvalue weighted by atomic mass is 32.1. The van der Waals surface area contributed by atoms with Crippen molar-refractivity contribution in [2.24, 2.45) is 5.92 Å². The van der Waals surface area contributed by atoms with Crippen molar-refractivity contribution >= 4 is 22.2 Å². The van der Waals surface area contributed by atoms with Crippen molar-refractivity contribution in [2.45, 2.75) is 59.4 Å². The van der Waals surface area contributed by atoms with E-state index in [0.29, 0.717) is 5.92 Å². The van der Waals surface area contributed by atoms with Gasteiger partial charge in [0.1, 0.15) is 0 Å². The number of carbonyl (C=O) groups excluding carboxylic acids is 1. The Hall–Kier alpha value is -1.03. The van der Waals surface area contributed by atoms with Crippen LogP contribution in [0.1, 0.15) is 62.7 Å². The van der Waals surface area contributed by atoms with Gasteiger partial charge in [-0.3, -0.25) is 4.79 Å². The molecule has 1 aliphatic rings. The Bertz CT molecular complexity index is 499. The highest BCUT2D eigenvalue weighted by Gasteiger charge is 2.23. The Balaban J connectivity index is 2.23. The Morgan fingerprint density at radius 1 is 1.38 bits per heavy atom. The minimum Gasteiger partial charge on any atom is -0.363 e. The molecule has 4 heteroatoms. The van der Waals surface area contributed by atoms with Crippen LogP contribution in [0.5, 0.6) is 0 Å². The van der Waals surface area contributed by atoms with Gasteiger partial charge in [0.2, 0.25) is 0 Å². The minimum absolute atomic E-state index is 0.0603. The van der Waals surface area contributed by atoms with Gasteiger partial charge in [-0.05, 0) is 57.6 Å². The quantitative estimate of drug-likeness (QED) is 0.912. The molecule has 21 heavy (non-hydrogen) atoms. The summed E-state index contributed by atoms with van der Waals surface area (Å²) in [6.45, 7) is 12.8. The van der Waals surface area contributed by atoms with Gasteiger partial charge in [0.05, 0.1) is 9.88 Å². The second-order valence-electron chi connectivity index (χ2n) is 7.44. The summed E-state index contributed by atoms with van der Waals surface area (Å²) in [6, 6.07) is 2.11. The van der Waals surface area contributed by atoms with Crippen molar-refractivity contribution in [1.82, 2.24) is 5.32 Å². The first-order valence-corrected chi connectivity index (χ1v) is 8.78. The number of aryl methyl sites for hydroxylation is 1. The Morgan fingerprint density at radius 3 is 2.71 bits per heavy atom. The first kappa shape index (κ1) is 16.3. The molecule has 0 fully saturated rings. The molecule has 0 spiro atoms. The number of anilines is 1. The number of amides is 1. The third kappa shape index (κ3) is 4.47. The number of hydrogen-bond donors (Lipinski definition) is 1. The zero-order chi connectivity index (χ0) is 15.6. The lowest BCUT2D eigenvalue weighted by Gasteiger charge is -2.24. The van der Waals surface area contributed by atoms with E-state index in [4.69, 9.17) is 0 Å². The van der Waals surface area contributed by atoms with Crippen molar-refractivity contribution in [2.75, 3.05) is 18.0 Å². The van der Waals surface area contributed by atoms with Crippen LogP contribution in [0.25, 0.3) is 0 Å². The molecule has 2 rings (SSSR count). The molecule has 1 N–H and O–H groups in total. The van der Waals surface area contributed by atoms with E-state index in [1.54, 1.807) is 11.3 Å². The molecule has 2 heterocycles. The average Bonchev–Trinajstić information content (AvgIpc) is 2.67. The second-order valence-corrected chi connectivity index (χ2v) is 8.47. The average molecular weight is 308 g/mol. The van der Waals surface area contributed by atoms with Gasteiger partial charge in [-0.25, -0.2) is 0 Å². The van der Waals surface area contributed by atoms with E-state index in [1.807, 2.05) is 20.8 Å². The lowest BCUT2D eigenvalue weighted by molar-refractivity contribution is 0.0923. The van der Waals surface area contributed by atoms with Crippen LogP contribution in [-0.4, -0.2) is 24.5 Å². The molecule has 118 valence electrons. The van der Waals surface area contributed by atoms with Crippen molar-refractivity contribution < 1.29 is 4.79 Å². The zero-order valence-electron chi connectivity index (χ0n) is 14.0. The summed E-state index contributed by atoms with van der Waals surface area (Å²) in [6.07, 6.45) is 3.57. The predicted molar refractivity (Wildman–Crippen MR) is 91.5 cm³/mol. The molecule has 1 aromatic rings. The number of nitrogens with one attached hydrogen (secondary N) is 1. The Labute approximate surface area is 132 Å². The van der Waals surface area contributed by atoms with E-state index >= 15 is 0 Å². The van der Waals surface area contributed by atoms with E-state index < -0.39 is 0 Å². The third-order valence-corrected chi connectivity index (χ3v) is 4.73. The second kappa shape index (κ2) is 6.39. The van der Waals surface area contributed by atoms with Crippen LogP contribution in [0, 0.1) is 5.92 Å². The molecule has 0 radical (unpaired) electrons. The monoisotopic (exact) mass is 308 g/mol. The Morgan fingerprint density at radius 2 is 2.10 bits per heavy atom. The molecule has 0 saturated heterocycles. The van der Waals surface area contributed by atoms with Crippen molar-refractivity contribution in [1.29, 1.82) is 0 Å². The molecule has 0 atom stereocenters. The van der Waals surface area contributed by atoms with E-state index in [9.17, 15) is 4.79 Å². The fourth-order valence-corrected chi connectivity index (χ4v) is 3.85. The highest BCUT2D eigenvalue weighted by molar-refractivity contribution is 7.18. The number of hydrogen-bond acceptors (Lipinski definition) is 3. The molecular weight excluding hydrogens is 280 g/mol.